The van der Waals surface area contributed by atoms with Crippen molar-refractivity contribution in [3.05, 3.63) is 94.2 Å². The molecule has 308 valence electrons. The highest BCUT2D eigenvalue weighted by Gasteiger charge is 2.44. The summed E-state index contributed by atoms with van der Waals surface area (Å²) < 4.78 is 32.5. The molecular formula is C43H59N7O5S2. The molecule has 0 radical (unpaired) electrons. The van der Waals surface area contributed by atoms with Gasteiger partial charge >= 0.3 is 0 Å². The maximum atomic E-state index is 14.8. The van der Waals surface area contributed by atoms with Crippen LogP contribution < -0.4 is 15.4 Å². The zero-order valence-corrected chi connectivity index (χ0v) is 35.0. The molecule has 2 amide bonds. The standard InChI is InChI=1S/C43H59N7O5S2/c1-32-39(34-14-7-4-8-15-34)55-42(46-32)49-25-26-50(38(30-49)40(51)44-28-36-16-11-27-56-36)41(52)37(17-9-10-23-45-57(2,53)54)47-35-18-20-43(21-19-35)22-24-48(31-43)29-33-12-5-3-6-13-33/h3-8,11-16,27,32,35,37-39,45,47H,9-10,17-26,28-31H2,1-2H3,(H,44,51)/t32-,35?,37+,38-,39+,43?/m0/s1. The van der Waals surface area contributed by atoms with E-state index in [9.17, 15) is 18.0 Å². The summed E-state index contributed by atoms with van der Waals surface area (Å²) in [6, 6.07) is 24.1. The number of benzene rings is 2. The number of amides is 2. The van der Waals surface area contributed by atoms with Crippen LogP contribution in [0, 0.1) is 5.41 Å². The molecule has 3 aromatic rings. The third-order valence-corrected chi connectivity index (χ3v) is 13.8. The zero-order valence-electron chi connectivity index (χ0n) is 33.4. The molecule has 14 heteroatoms. The van der Waals surface area contributed by atoms with Gasteiger partial charge in [-0.2, -0.15) is 0 Å². The molecule has 4 aliphatic rings. The number of hydrogen-bond donors (Lipinski definition) is 3. The molecule has 1 aliphatic carbocycles. The van der Waals surface area contributed by atoms with Gasteiger partial charge in [-0.05, 0) is 86.4 Å². The molecule has 4 atom stereocenters. The summed E-state index contributed by atoms with van der Waals surface area (Å²) in [5.41, 5.74) is 2.72. The number of carbonyl (C=O) groups excluding carboxylic acids is 2. The van der Waals surface area contributed by atoms with Gasteiger partial charge in [0.15, 0.2) is 0 Å². The van der Waals surface area contributed by atoms with Crippen LogP contribution in [-0.4, -0.2) is 111 Å². The Bertz CT molecular complexity index is 1910. The number of unbranched alkanes of at least 4 members (excludes halogenated alkanes) is 1. The predicted molar refractivity (Wildman–Crippen MR) is 225 cm³/mol. The second kappa shape index (κ2) is 18.8. The van der Waals surface area contributed by atoms with Crippen molar-refractivity contribution in [2.75, 3.05) is 45.5 Å². The molecule has 12 nitrogen and oxygen atoms in total. The third-order valence-electron chi connectivity index (χ3n) is 12.2. The van der Waals surface area contributed by atoms with Gasteiger partial charge in [-0.25, -0.2) is 18.1 Å². The van der Waals surface area contributed by atoms with E-state index in [1.165, 1.54) is 12.0 Å². The first-order valence-electron chi connectivity index (χ1n) is 20.7. The molecule has 7 rings (SSSR count). The van der Waals surface area contributed by atoms with E-state index in [1.54, 1.807) is 16.2 Å². The molecule has 3 aliphatic heterocycles. The quantitative estimate of drug-likeness (QED) is 0.185. The Kier molecular flexibility index (Phi) is 13.7. The van der Waals surface area contributed by atoms with Crippen LogP contribution in [0.4, 0.5) is 0 Å². The van der Waals surface area contributed by atoms with Gasteiger partial charge in [0.25, 0.3) is 6.02 Å². The number of carbonyl (C=O) groups is 2. The maximum absolute atomic E-state index is 14.8. The molecule has 0 unspecified atom stereocenters. The minimum absolute atomic E-state index is 0.0815. The Morgan fingerprint density at radius 1 is 0.965 bits per heavy atom. The lowest BCUT2D eigenvalue weighted by Crippen LogP contribution is -2.64. The fraction of sp³-hybridized carbons (Fsp3) is 0.558. The summed E-state index contributed by atoms with van der Waals surface area (Å²) in [7, 11) is -3.30. The van der Waals surface area contributed by atoms with Crippen LogP contribution in [0.3, 0.4) is 0 Å². The van der Waals surface area contributed by atoms with Crippen LogP contribution in [0.25, 0.3) is 0 Å². The van der Waals surface area contributed by atoms with Crippen molar-refractivity contribution in [1.82, 2.24) is 30.1 Å². The lowest BCUT2D eigenvalue weighted by molar-refractivity contribution is -0.145. The molecule has 3 fully saturated rings. The second-order valence-corrected chi connectivity index (χ2v) is 19.4. The highest BCUT2D eigenvalue weighted by molar-refractivity contribution is 7.88. The molecule has 0 bridgehead atoms. The molecule has 4 heterocycles. The number of hydrogen-bond acceptors (Lipinski definition) is 10. The van der Waals surface area contributed by atoms with Gasteiger partial charge in [-0.15, -0.1) is 11.3 Å². The molecule has 1 saturated carbocycles. The van der Waals surface area contributed by atoms with E-state index in [2.05, 4.69) is 50.6 Å². The first-order chi connectivity index (χ1) is 27.5. The Morgan fingerprint density at radius 3 is 2.44 bits per heavy atom. The van der Waals surface area contributed by atoms with E-state index >= 15 is 0 Å². The molecule has 57 heavy (non-hydrogen) atoms. The van der Waals surface area contributed by atoms with Crippen LogP contribution in [0.1, 0.15) is 80.4 Å². The molecule has 1 spiro atoms. The average molecular weight is 818 g/mol. The molecule has 1 aromatic heterocycles. The smallest absolute Gasteiger partial charge is 0.288 e. The van der Waals surface area contributed by atoms with Crippen LogP contribution in [0.15, 0.2) is 83.2 Å². The van der Waals surface area contributed by atoms with Crippen LogP contribution in [0.5, 0.6) is 0 Å². The van der Waals surface area contributed by atoms with Gasteiger partial charge in [0.1, 0.15) is 12.1 Å². The van der Waals surface area contributed by atoms with Crippen molar-refractivity contribution in [1.29, 1.82) is 0 Å². The first-order valence-corrected chi connectivity index (χ1v) is 23.4. The third kappa shape index (κ3) is 11.0. The average Bonchev–Trinajstić information content (AvgIpc) is 3.98. The summed E-state index contributed by atoms with van der Waals surface area (Å²) in [5, 5.41) is 8.90. The first kappa shape index (κ1) is 41.3. The predicted octanol–water partition coefficient (Wildman–Crippen LogP) is 4.91. The monoisotopic (exact) mass is 817 g/mol. The van der Waals surface area contributed by atoms with Crippen molar-refractivity contribution >= 4 is 39.2 Å². The fourth-order valence-corrected chi connectivity index (χ4v) is 10.2. The number of nitrogens with zero attached hydrogens (tertiary/aromatic N) is 4. The topological polar surface area (TPSA) is 136 Å². The number of piperazine rings is 1. The SMILES string of the molecule is C[C@@H]1N=C(N2CCN(C(=O)[C@@H](CCCCNS(C)(=O)=O)NC3CCC4(CC3)CCN(Cc3ccccc3)C4)[C@H](C(=O)NCc3cccs3)C2)O[C@H]1c1ccccc1. The van der Waals surface area contributed by atoms with Gasteiger partial charge in [0, 0.05) is 43.6 Å². The summed E-state index contributed by atoms with van der Waals surface area (Å²) in [6.07, 6.45) is 8.19. The number of sulfonamides is 1. The van der Waals surface area contributed by atoms with E-state index in [0.717, 1.165) is 62.0 Å². The van der Waals surface area contributed by atoms with E-state index in [1.807, 2.05) is 59.7 Å². The van der Waals surface area contributed by atoms with E-state index in [0.29, 0.717) is 56.9 Å². The summed E-state index contributed by atoms with van der Waals surface area (Å²) in [4.78, 5) is 41.2. The van der Waals surface area contributed by atoms with Crippen LogP contribution >= 0.6 is 11.3 Å². The van der Waals surface area contributed by atoms with Crippen molar-refractivity contribution < 1.29 is 22.7 Å². The van der Waals surface area contributed by atoms with Gasteiger partial charge in [-0.3, -0.25) is 14.5 Å². The largest absolute Gasteiger partial charge is 0.455 e. The van der Waals surface area contributed by atoms with Crippen LogP contribution in [-0.2, 0) is 37.4 Å². The number of ether oxygens (including phenoxy) is 1. The summed E-state index contributed by atoms with van der Waals surface area (Å²) in [5.74, 6) is -0.285. The van der Waals surface area contributed by atoms with E-state index < -0.39 is 22.1 Å². The lowest BCUT2D eigenvalue weighted by atomic mass is 9.72. The number of thiophene rings is 1. The zero-order chi connectivity index (χ0) is 39.8. The van der Waals surface area contributed by atoms with Crippen molar-refractivity contribution in [2.24, 2.45) is 10.4 Å². The minimum atomic E-state index is -3.30. The number of amidine groups is 1. The molecule has 2 saturated heterocycles. The molecule has 3 N–H and O–H groups in total. The highest BCUT2D eigenvalue weighted by Crippen LogP contribution is 2.44. The van der Waals surface area contributed by atoms with Gasteiger partial charge in [-0.1, -0.05) is 73.2 Å². The normalized spacial score (nSPS) is 26.0. The lowest BCUT2D eigenvalue weighted by Gasteiger charge is -2.43. The Labute approximate surface area is 342 Å². The van der Waals surface area contributed by atoms with Crippen LogP contribution in [0.2, 0.25) is 0 Å². The van der Waals surface area contributed by atoms with Gasteiger partial charge in [0.05, 0.1) is 31.4 Å². The Hall–Kier alpha value is -3.82. The van der Waals surface area contributed by atoms with Crippen molar-refractivity contribution in [3.63, 3.8) is 0 Å². The van der Waals surface area contributed by atoms with E-state index in [4.69, 9.17) is 9.73 Å². The summed E-state index contributed by atoms with van der Waals surface area (Å²) in [6.45, 7) is 7.06. The number of nitrogens with one attached hydrogen (secondary N) is 3. The highest BCUT2D eigenvalue weighted by atomic mass is 32.2. The van der Waals surface area contributed by atoms with Gasteiger partial charge in [0.2, 0.25) is 21.8 Å². The van der Waals surface area contributed by atoms with E-state index in [-0.39, 0.29) is 36.5 Å². The molecule has 2 aromatic carbocycles. The summed E-state index contributed by atoms with van der Waals surface area (Å²) >= 11 is 1.58. The minimum Gasteiger partial charge on any atom is -0.455 e. The molecular weight excluding hydrogens is 759 g/mol. The Morgan fingerprint density at radius 2 is 1.72 bits per heavy atom. The second-order valence-electron chi connectivity index (χ2n) is 16.5. The number of likely N-dealkylation sites (tertiary alicyclic amines) is 1. The van der Waals surface area contributed by atoms with Crippen molar-refractivity contribution in [3.8, 4) is 0 Å². The number of rotatable bonds is 15. The maximum Gasteiger partial charge on any atom is 0.288 e. The van der Waals surface area contributed by atoms with Gasteiger partial charge < -0.3 is 25.2 Å². The fourth-order valence-electron chi connectivity index (χ4n) is 9.08. The Balaban J connectivity index is 1.03. The number of aliphatic imine (C=N–C) groups is 1. The van der Waals surface area contributed by atoms with Crippen molar-refractivity contribution in [2.45, 2.75) is 102 Å².